The molecule has 0 saturated heterocycles. The summed E-state index contributed by atoms with van der Waals surface area (Å²) in [6, 6.07) is 0. The fourth-order valence-corrected chi connectivity index (χ4v) is 0.151. The number of halogens is 1. The van der Waals surface area contributed by atoms with E-state index < -0.39 is 16.2 Å². The molecule has 0 aliphatic rings. The Hall–Kier alpha value is -0.440. The van der Waals surface area contributed by atoms with Gasteiger partial charge in [-0.3, -0.25) is 4.79 Å². The summed E-state index contributed by atoms with van der Waals surface area (Å²) in [5.74, 6) is -0.773. The Morgan fingerprint density at radius 2 is 1.64 bits per heavy atom. The largest absolute Gasteiger partial charge is 0.481 e. The molecule has 7 nitrogen and oxygen atoms in total. The van der Waals surface area contributed by atoms with Gasteiger partial charge in [-0.1, -0.05) is 0 Å². The predicted octanol–water partition coefficient (Wildman–Crippen LogP) is -6.05. The molecule has 11 heavy (non-hydrogen) atoms. The Morgan fingerprint density at radius 1 is 1.36 bits per heavy atom. The van der Waals surface area contributed by atoms with E-state index in [9.17, 15) is 4.79 Å². The van der Waals surface area contributed by atoms with E-state index in [-0.39, 0.29) is 6.42 Å². The van der Waals surface area contributed by atoms with Crippen LogP contribution in [0.2, 0.25) is 0 Å². The second-order valence-electron chi connectivity index (χ2n) is 1.38. The van der Waals surface area contributed by atoms with E-state index in [4.69, 9.17) is 23.7 Å². The van der Waals surface area contributed by atoms with E-state index in [0.717, 1.165) is 0 Å². The lowest BCUT2D eigenvalue weighted by Gasteiger charge is -2.17. The average Bonchev–Trinajstić information content (AvgIpc) is 1.58. The number of aliphatic carboxylic acids is 1. The minimum absolute atomic E-state index is 0.181. The van der Waals surface area contributed by atoms with Gasteiger partial charge in [-0.05, 0) is 0 Å². The molecule has 0 aliphatic carbocycles. The molecular formula is C3H8ClNO6. The summed E-state index contributed by atoms with van der Waals surface area (Å²) in [6.07, 6.45) is 0.181. The molecule has 4 N–H and O–H groups in total. The van der Waals surface area contributed by atoms with Crippen LogP contribution in [0.3, 0.4) is 0 Å². The van der Waals surface area contributed by atoms with Gasteiger partial charge in [-0.25, -0.2) is 18.6 Å². The van der Waals surface area contributed by atoms with Crippen LogP contribution in [-0.4, -0.2) is 17.6 Å². The highest BCUT2D eigenvalue weighted by molar-refractivity contribution is 5.66. The third kappa shape index (κ3) is 83.4. The maximum absolute atomic E-state index is 9.56. The Balaban J connectivity index is 0. The molecule has 0 heterocycles. The molecule has 0 saturated carbocycles. The highest BCUT2D eigenvalue weighted by Crippen LogP contribution is 1.66. The summed E-state index contributed by atoms with van der Waals surface area (Å²) < 4.78 is 34.0. The molecular weight excluding hydrogens is 181 g/mol. The van der Waals surface area contributed by atoms with Crippen molar-refractivity contribution in [2.75, 3.05) is 6.54 Å². The van der Waals surface area contributed by atoms with Crippen LogP contribution < -0.4 is 24.4 Å². The first-order valence-electron chi connectivity index (χ1n) is 2.40. The van der Waals surface area contributed by atoms with E-state index >= 15 is 0 Å². The van der Waals surface area contributed by atoms with Crippen LogP contribution in [0.1, 0.15) is 6.42 Å². The summed E-state index contributed by atoms with van der Waals surface area (Å²) >= 11 is 0. The van der Waals surface area contributed by atoms with Crippen molar-refractivity contribution in [2.24, 2.45) is 0 Å². The van der Waals surface area contributed by atoms with Gasteiger partial charge in [-0.2, -0.15) is 0 Å². The molecule has 0 aromatic carbocycles. The number of carboxylic acid groups (broad SMARTS) is 1. The van der Waals surface area contributed by atoms with Crippen LogP contribution in [0.4, 0.5) is 0 Å². The standard InChI is InChI=1S/C3H7NO2.ClHO4/c4-2-1-3(5)6;2-1(3,4)5/h1-2,4H2,(H,5,6);(H,2,3,4,5). The van der Waals surface area contributed by atoms with Crippen molar-refractivity contribution in [1.29, 1.82) is 0 Å². The molecule has 0 spiro atoms. The van der Waals surface area contributed by atoms with E-state index in [1.807, 2.05) is 0 Å². The molecule has 0 rings (SSSR count). The van der Waals surface area contributed by atoms with Gasteiger partial charge in [0.1, 0.15) is 0 Å². The lowest BCUT2D eigenvalue weighted by Crippen LogP contribution is -2.68. The molecule has 8 heteroatoms. The molecule has 0 aromatic heterocycles. The molecule has 0 atom stereocenters. The minimum Gasteiger partial charge on any atom is -0.481 e. The average molecular weight is 190 g/mol. The SMILES string of the molecule is [NH3+]CCC(=O)O.[O-][Cl+3]([O-])([O-])[O-]. The van der Waals surface area contributed by atoms with Gasteiger partial charge in [0.2, 0.25) is 0 Å². The van der Waals surface area contributed by atoms with E-state index in [0.29, 0.717) is 6.54 Å². The van der Waals surface area contributed by atoms with Crippen molar-refractivity contribution >= 4 is 5.97 Å². The van der Waals surface area contributed by atoms with Crippen LogP contribution in [0, 0.1) is 10.2 Å². The number of hydrogen-bond acceptors (Lipinski definition) is 5. The third-order valence-electron chi connectivity index (χ3n) is 0.391. The molecule has 0 aliphatic heterocycles. The van der Waals surface area contributed by atoms with Crippen LogP contribution in [0.25, 0.3) is 0 Å². The fraction of sp³-hybridized carbons (Fsp3) is 0.667. The van der Waals surface area contributed by atoms with Gasteiger partial charge in [0.25, 0.3) is 0 Å². The molecule has 68 valence electrons. The Kier molecular flexibility index (Phi) is 7.52. The summed E-state index contributed by atoms with van der Waals surface area (Å²) in [7, 11) is -4.94. The molecule has 0 unspecified atom stereocenters. The Morgan fingerprint density at radius 3 is 1.64 bits per heavy atom. The van der Waals surface area contributed by atoms with Crippen molar-refractivity contribution in [3.8, 4) is 0 Å². The lowest BCUT2D eigenvalue weighted by atomic mass is 10.5. The molecule has 0 radical (unpaired) electrons. The van der Waals surface area contributed by atoms with Gasteiger partial charge >= 0.3 is 5.97 Å². The lowest BCUT2D eigenvalue weighted by molar-refractivity contribution is -2.00. The van der Waals surface area contributed by atoms with Crippen molar-refractivity contribution in [2.45, 2.75) is 6.42 Å². The van der Waals surface area contributed by atoms with Crippen LogP contribution in [0.15, 0.2) is 0 Å². The van der Waals surface area contributed by atoms with Gasteiger partial charge < -0.3 is 10.8 Å². The zero-order valence-corrected chi connectivity index (χ0v) is 6.24. The summed E-state index contributed by atoms with van der Waals surface area (Å²) in [4.78, 5) is 9.56. The molecule has 0 bridgehead atoms. The third-order valence-corrected chi connectivity index (χ3v) is 0.391. The fourth-order valence-electron chi connectivity index (χ4n) is 0.151. The molecule has 0 aromatic rings. The van der Waals surface area contributed by atoms with Gasteiger partial charge in [0.05, 0.1) is 13.0 Å². The van der Waals surface area contributed by atoms with Gasteiger partial charge in [0.15, 0.2) is 0 Å². The van der Waals surface area contributed by atoms with Crippen LogP contribution in [-0.2, 0) is 4.79 Å². The normalized spacial score (nSPS) is 9.91. The zero-order valence-electron chi connectivity index (χ0n) is 5.49. The number of rotatable bonds is 2. The van der Waals surface area contributed by atoms with Crippen molar-refractivity contribution in [3.63, 3.8) is 0 Å². The quantitative estimate of drug-likeness (QED) is 0.440. The van der Waals surface area contributed by atoms with E-state index in [1.54, 1.807) is 0 Å². The van der Waals surface area contributed by atoms with E-state index in [2.05, 4.69) is 5.73 Å². The van der Waals surface area contributed by atoms with Crippen LogP contribution in [0.5, 0.6) is 0 Å². The number of quaternary nitrogens is 1. The van der Waals surface area contributed by atoms with Crippen LogP contribution >= 0.6 is 0 Å². The summed E-state index contributed by atoms with van der Waals surface area (Å²) in [5, 5.41) is 7.87. The van der Waals surface area contributed by atoms with E-state index in [1.165, 1.54) is 0 Å². The molecule has 0 fully saturated rings. The smallest absolute Gasteiger partial charge is 0.309 e. The Labute approximate surface area is 64.4 Å². The van der Waals surface area contributed by atoms with Gasteiger partial charge in [-0.15, -0.1) is 10.2 Å². The minimum atomic E-state index is -4.94. The first-order chi connectivity index (χ1) is 4.77. The van der Waals surface area contributed by atoms with Gasteiger partial charge in [0, 0.05) is 0 Å². The monoisotopic (exact) mass is 189 g/mol. The number of hydrogen-bond donors (Lipinski definition) is 2. The highest BCUT2D eigenvalue weighted by Gasteiger charge is 1.90. The maximum Gasteiger partial charge on any atom is 0.309 e. The second-order valence-corrected chi connectivity index (χ2v) is 2.13. The summed E-state index contributed by atoms with van der Waals surface area (Å²) in [5.41, 5.74) is 3.34. The maximum atomic E-state index is 9.56. The number of carbonyl (C=O) groups is 1. The summed E-state index contributed by atoms with van der Waals surface area (Å²) in [6.45, 7) is 0.481. The Bertz CT molecular complexity index is 105. The topological polar surface area (TPSA) is 157 Å². The number of carboxylic acids is 1. The van der Waals surface area contributed by atoms with Crippen molar-refractivity contribution in [1.82, 2.24) is 0 Å². The molecule has 0 amide bonds. The highest BCUT2D eigenvalue weighted by atomic mass is 35.7. The first-order valence-corrected chi connectivity index (χ1v) is 3.63. The van der Waals surface area contributed by atoms with Crippen molar-refractivity contribution < 1.29 is 44.5 Å². The zero-order chi connectivity index (χ0) is 9.49. The predicted molar refractivity (Wildman–Crippen MR) is 20.0 cm³/mol. The first kappa shape index (κ1) is 13.2. The second kappa shape index (κ2) is 6.28. The van der Waals surface area contributed by atoms with Crippen molar-refractivity contribution in [3.05, 3.63) is 0 Å².